The van der Waals surface area contributed by atoms with Crippen molar-refractivity contribution in [3.63, 3.8) is 0 Å². The molecule has 0 aliphatic rings. The molecular weight excluding hydrogens is 206 g/mol. The summed E-state index contributed by atoms with van der Waals surface area (Å²) in [7, 11) is 0. The molecule has 0 saturated heterocycles. The molecule has 0 aromatic carbocycles. The van der Waals surface area contributed by atoms with Gasteiger partial charge in [-0.15, -0.1) is 0 Å². The molecular formula is C11H19N3O2. The Morgan fingerprint density at radius 3 is 2.69 bits per heavy atom. The molecule has 1 heterocycles. The summed E-state index contributed by atoms with van der Waals surface area (Å²) >= 11 is 0. The SMILES string of the molecule is Cc1cc(CNC(C)C(=O)NC(C)C)no1. The number of nitrogens with zero attached hydrogens (tertiary/aromatic N) is 1. The maximum absolute atomic E-state index is 11.6. The van der Waals surface area contributed by atoms with Crippen LogP contribution in [0.2, 0.25) is 0 Å². The minimum Gasteiger partial charge on any atom is -0.361 e. The van der Waals surface area contributed by atoms with Gasteiger partial charge in [-0.1, -0.05) is 5.16 Å². The van der Waals surface area contributed by atoms with Crippen molar-refractivity contribution in [1.29, 1.82) is 0 Å². The van der Waals surface area contributed by atoms with Crippen LogP contribution in [0.25, 0.3) is 0 Å². The Labute approximate surface area is 95.6 Å². The molecule has 2 N–H and O–H groups in total. The summed E-state index contributed by atoms with van der Waals surface area (Å²) in [5.74, 6) is 0.770. The number of carbonyl (C=O) groups is 1. The van der Waals surface area contributed by atoms with Crippen LogP contribution in [0.15, 0.2) is 10.6 Å². The molecule has 5 nitrogen and oxygen atoms in total. The average Bonchev–Trinajstić information content (AvgIpc) is 2.59. The lowest BCUT2D eigenvalue weighted by Gasteiger charge is -2.15. The van der Waals surface area contributed by atoms with Crippen molar-refractivity contribution in [2.75, 3.05) is 0 Å². The summed E-state index contributed by atoms with van der Waals surface area (Å²) in [6.45, 7) is 8.07. The van der Waals surface area contributed by atoms with Crippen LogP contribution in [0, 0.1) is 6.92 Å². The van der Waals surface area contributed by atoms with Crippen molar-refractivity contribution < 1.29 is 9.32 Å². The molecule has 1 unspecified atom stereocenters. The molecule has 1 aromatic heterocycles. The zero-order valence-corrected chi connectivity index (χ0v) is 10.2. The molecule has 1 aromatic rings. The lowest BCUT2D eigenvalue weighted by Crippen LogP contribution is -2.44. The maximum Gasteiger partial charge on any atom is 0.237 e. The van der Waals surface area contributed by atoms with Gasteiger partial charge in [0.05, 0.1) is 11.7 Å². The summed E-state index contributed by atoms with van der Waals surface area (Å²) in [4.78, 5) is 11.6. The van der Waals surface area contributed by atoms with Gasteiger partial charge in [0, 0.05) is 18.7 Å². The van der Waals surface area contributed by atoms with E-state index < -0.39 is 0 Å². The first kappa shape index (κ1) is 12.7. The fourth-order valence-corrected chi connectivity index (χ4v) is 1.26. The lowest BCUT2D eigenvalue weighted by molar-refractivity contribution is -0.123. The normalized spacial score (nSPS) is 12.8. The van der Waals surface area contributed by atoms with Crippen molar-refractivity contribution in [3.8, 4) is 0 Å². The smallest absolute Gasteiger partial charge is 0.237 e. The van der Waals surface area contributed by atoms with Gasteiger partial charge in [0.2, 0.25) is 5.91 Å². The second-order valence-electron chi connectivity index (χ2n) is 4.19. The Hall–Kier alpha value is -1.36. The van der Waals surface area contributed by atoms with Crippen molar-refractivity contribution >= 4 is 5.91 Å². The Balaban J connectivity index is 2.34. The Morgan fingerprint density at radius 1 is 1.50 bits per heavy atom. The summed E-state index contributed by atoms with van der Waals surface area (Å²) in [5.41, 5.74) is 0.807. The number of hydrogen-bond acceptors (Lipinski definition) is 4. The minimum absolute atomic E-state index is 0.00443. The van der Waals surface area contributed by atoms with Gasteiger partial charge in [-0.25, -0.2) is 0 Å². The topological polar surface area (TPSA) is 67.2 Å². The van der Waals surface area contributed by atoms with Crippen LogP contribution in [0.4, 0.5) is 0 Å². The summed E-state index contributed by atoms with van der Waals surface area (Å²) < 4.78 is 4.93. The van der Waals surface area contributed by atoms with E-state index in [0.29, 0.717) is 6.54 Å². The van der Waals surface area contributed by atoms with Gasteiger partial charge >= 0.3 is 0 Å². The number of aryl methyl sites for hydroxylation is 1. The molecule has 0 aliphatic heterocycles. The van der Waals surface area contributed by atoms with Gasteiger partial charge in [-0.2, -0.15) is 0 Å². The summed E-state index contributed by atoms with van der Waals surface area (Å²) in [5, 5.41) is 9.76. The molecule has 5 heteroatoms. The Bertz CT molecular complexity index is 347. The van der Waals surface area contributed by atoms with Crippen molar-refractivity contribution in [1.82, 2.24) is 15.8 Å². The molecule has 0 bridgehead atoms. The largest absolute Gasteiger partial charge is 0.361 e. The molecule has 1 amide bonds. The highest BCUT2D eigenvalue weighted by atomic mass is 16.5. The quantitative estimate of drug-likeness (QED) is 0.784. The van der Waals surface area contributed by atoms with Gasteiger partial charge in [-0.3, -0.25) is 4.79 Å². The monoisotopic (exact) mass is 225 g/mol. The molecule has 0 spiro atoms. The zero-order chi connectivity index (χ0) is 12.1. The van der Waals surface area contributed by atoms with Crippen LogP contribution < -0.4 is 10.6 Å². The predicted molar refractivity (Wildman–Crippen MR) is 60.8 cm³/mol. The number of hydrogen-bond donors (Lipinski definition) is 2. The van der Waals surface area contributed by atoms with Gasteiger partial charge < -0.3 is 15.2 Å². The fourth-order valence-electron chi connectivity index (χ4n) is 1.26. The number of rotatable bonds is 5. The van der Waals surface area contributed by atoms with E-state index in [0.717, 1.165) is 11.5 Å². The number of nitrogens with one attached hydrogen (secondary N) is 2. The predicted octanol–water partition coefficient (Wildman–Crippen LogP) is 0.986. The molecule has 0 saturated carbocycles. The van der Waals surface area contributed by atoms with Gasteiger partial charge in [-0.05, 0) is 27.7 Å². The van der Waals surface area contributed by atoms with Crippen molar-refractivity contribution in [3.05, 3.63) is 17.5 Å². The third-order valence-corrected chi connectivity index (χ3v) is 2.09. The van der Waals surface area contributed by atoms with Crippen LogP contribution in [0.3, 0.4) is 0 Å². The molecule has 1 atom stereocenters. The van der Waals surface area contributed by atoms with Crippen molar-refractivity contribution in [2.24, 2.45) is 0 Å². The standard InChI is InChI=1S/C11H19N3O2/c1-7(2)13-11(15)9(4)12-6-10-5-8(3)16-14-10/h5,7,9,12H,6H2,1-4H3,(H,13,15). The summed E-state index contributed by atoms with van der Waals surface area (Å²) in [6, 6.07) is 1.77. The highest BCUT2D eigenvalue weighted by Crippen LogP contribution is 2.01. The zero-order valence-electron chi connectivity index (χ0n) is 10.2. The first-order chi connectivity index (χ1) is 7.49. The maximum atomic E-state index is 11.6. The van der Waals surface area contributed by atoms with Crippen LogP contribution in [-0.2, 0) is 11.3 Å². The number of carbonyl (C=O) groups excluding carboxylic acids is 1. The minimum atomic E-state index is -0.237. The van der Waals surface area contributed by atoms with E-state index >= 15 is 0 Å². The van der Waals surface area contributed by atoms with E-state index in [2.05, 4.69) is 15.8 Å². The van der Waals surface area contributed by atoms with E-state index in [4.69, 9.17) is 4.52 Å². The van der Waals surface area contributed by atoms with E-state index in [1.54, 1.807) is 0 Å². The number of amides is 1. The Kier molecular flexibility index (Phi) is 4.49. The van der Waals surface area contributed by atoms with E-state index in [1.807, 2.05) is 33.8 Å². The molecule has 0 radical (unpaired) electrons. The molecule has 0 fully saturated rings. The van der Waals surface area contributed by atoms with Crippen molar-refractivity contribution in [2.45, 2.75) is 46.3 Å². The highest BCUT2D eigenvalue weighted by molar-refractivity contribution is 5.81. The van der Waals surface area contributed by atoms with Gasteiger partial charge in [0.25, 0.3) is 0 Å². The second kappa shape index (κ2) is 5.65. The van der Waals surface area contributed by atoms with Gasteiger partial charge in [0.15, 0.2) is 0 Å². The van der Waals surface area contributed by atoms with Crippen LogP contribution >= 0.6 is 0 Å². The average molecular weight is 225 g/mol. The van der Waals surface area contributed by atoms with E-state index in [1.165, 1.54) is 0 Å². The van der Waals surface area contributed by atoms with E-state index in [9.17, 15) is 4.79 Å². The van der Waals surface area contributed by atoms with Crippen LogP contribution in [0.5, 0.6) is 0 Å². The first-order valence-corrected chi connectivity index (χ1v) is 5.45. The first-order valence-electron chi connectivity index (χ1n) is 5.45. The van der Waals surface area contributed by atoms with Crippen LogP contribution in [0.1, 0.15) is 32.2 Å². The second-order valence-corrected chi connectivity index (χ2v) is 4.19. The Morgan fingerprint density at radius 2 is 2.19 bits per heavy atom. The highest BCUT2D eigenvalue weighted by Gasteiger charge is 2.13. The number of aromatic nitrogens is 1. The molecule has 90 valence electrons. The molecule has 0 aliphatic carbocycles. The summed E-state index contributed by atoms with van der Waals surface area (Å²) in [6.07, 6.45) is 0. The van der Waals surface area contributed by atoms with E-state index in [-0.39, 0.29) is 18.0 Å². The molecule has 1 rings (SSSR count). The third-order valence-electron chi connectivity index (χ3n) is 2.09. The fraction of sp³-hybridized carbons (Fsp3) is 0.636. The van der Waals surface area contributed by atoms with Crippen LogP contribution in [-0.4, -0.2) is 23.1 Å². The van der Waals surface area contributed by atoms with Gasteiger partial charge in [0.1, 0.15) is 5.76 Å². The third kappa shape index (κ3) is 4.02. The molecule has 16 heavy (non-hydrogen) atoms. The lowest BCUT2D eigenvalue weighted by atomic mass is 10.2.